The number of benzene rings is 2. The number of para-hydroxylation sites is 2. The van der Waals surface area contributed by atoms with E-state index in [1.54, 1.807) is 48.5 Å². The molecule has 0 aliphatic heterocycles. The SMILES string of the molecule is CCCCO[P+](CC=O)(Oc1ccccc1Cl)Oc1ccccc1Cl. The van der Waals surface area contributed by atoms with Gasteiger partial charge in [-0.2, -0.15) is 4.52 Å². The molecule has 134 valence electrons. The van der Waals surface area contributed by atoms with Gasteiger partial charge in [-0.1, -0.05) is 60.8 Å². The summed E-state index contributed by atoms with van der Waals surface area (Å²) < 4.78 is 18.0. The topological polar surface area (TPSA) is 44.8 Å². The van der Waals surface area contributed by atoms with Crippen LogP contribution in [0.25, 0.3) is 0 Å². The quantitative estimate of drug-likeness (QED) is 0.269. The van der Waals surface area contributed by atoms with Gasteiger partial charge in [0.2, 0.25) is 17.7 Å². The van der Waals surface area contributed by atoms with E-state index in [1.807, 2.05) is 6.92 Å². The molecule has 0 saturated heterocycles. The van der Waals surface area contributed by atoms with E-state index in [2.05, 4.69) is 0 Å². The van der Waals surface area contributed by atoms with Crippen molar-refractivity contribution in [3.8, 4) is 11.5 Å². The van der Waals surface area contributed by atoms with E-state index >= 15 is 0 Å². The zero-order chi connectivity index (χ0) is 18.1. The zero-order valence-corrected chi connectivity index (χ0v) is 16.3. The fraction of sp³-hybridized carbons (Fsp3) is 0.278. The maximum absolute atomic E-state index is 11.3. The summed E-state index contributed by atoms with van der Waals surface area (Å²) in [6, 6.07) is 14.0. The molecule has 2 aromatic rings. The van der Waals surface area contributed by atoms with Crippen molar-refractivity contribution in [2.75, 3.05) is 12.8 Å². The number of rotatable bonds is 10. The Morgan fingerprint density at radius 1 is 0.960 bits per heavy atom. The molecule has 0 N–H and O–H groups in total. The second kappa shape index (κ2) is 9.98. The van der Waals surface area contributed by atoms with Crippen molar-refractivity contribution in [3.63, 3.8) is 0 Å². The molecule has 0 heterocycles. The minimum absolute atomic E-state index is 0.0346. The molecular formula is C18H20Cl2O4P+. The normalized spacial score (nSPS) is 11.2. The molecule has 0 fully saturated rings. The zero-order valence-electron chi connectivity index (χ0n) is 13.9. The highest BCUT2D eigenvalue weighted by Crippen LogP contribution is 2.61. The average molecular weight is 402 g/mol. The molecule has 4 nitrogen and oxygen atoms in total. The van der Waals surface area contributed by atoms with Gasteiger partial charge in [-0.25, -0.2) is 0 Å². The van der Waals surface area contributed by atoms with Crippen LogP contribution in [-0.4, -0.2) is 19.1 Å². The average Bonchev–Trinajstić information content (AvgIpc) is 2.60. The number of hydrogen-bond donors (Lipinski definition) is 0. The Bertz CT molecular complexity index is 649. The molecule has 0 spiro atoms. The van der Waals surface area contributed by atoms with Crippen molar-refractivity contribution in [3.05, 3.63) is 58.6 Å². The van der Waals surface area contributed by atoms with Gasteiger partial charge in [-0.05, 0) is 30.7 Å². The number of carbonyl (C=O) groups is 1. The first-order chi connectivity index (χ1) is 12.1. The van der Waals surface area contributed by atoms with Crippen molar-refractivity contribution in [1.29, 1.82) is 0 Å². The Balaban J connectivity index is 2.34. The standard InChI is InChI=1S/C18H20Cl2O4P/c1-2-3-13-22-25(14-12-21,23-17-10-6-4-8-15(17)19)24-18-11-7-5-9-16(18)20/h4-12H,2-3,13-14H2,1H3/q+1. The second-order valence-corrected chi connectivity index (χ2v) is 8.22. The lowest BCUT2D eigenvalue weighted by Crippen LogP contribution is -2.18. The van der Waals surface area contributed by atoms with Crippen molar-refractivity contribution in [2.24, 2.45) is 0 Å². The fourth-order valence-electron chi connectivity index (χ4n) is 1.98. The molecule has 25 heavy (non-hydrogen) atoms. The van der Waals surface area contributed by atoms with Crippen LogP contribution in [0.4, 0.5) is 0 Å². The molecule has 0 aliphatic rings. The molecule has 0 radical (unpaired) electrons. The summed E-state index contributed by atoms with van der Waals surface area (Å²) in [6.07, 6.45) is 2.46. The van der Waals surface area contributed by atoms with Gasteiger partial charge in [0.05, 0.1) is 16.7 Å². The van der Waals surface area contributed by atoms with E-state index in [0.29, 0.717) is 28.2 Å². The van der Waals surface area contributed by atoms with Crippen LogP contribution in [-0.2, 0) is 9.32 Å². The second-order valence-electron chi connectivity index (χ2n) is 5.19. The van der Waals surface area contributed by atoms with Crippen LogP contribution in [0.3, 0.4) is 0 Å². The Kier molecular flexibility index (Phi) is 7.98. The first-order valence-corrected chi connectivity index (χ1v) is 10.4. The summed E-state index contributed by atoms with van der Waals surface area (Å²) in [5, 5.41) is 0.833. The fourth-order valence-corrected chi connectivity index (χ4v) is 4.34. The van der Waals surface area contributed by atoms with Crippen LogP contribution in [0.1, 0.15) is 19.8 Å². The van der Waals surface area contributed by atoms with E-state index in [9.17, 15) is 4.79 Å². The summed E-state index contributed by atoms with van der Waals surface area (Å²) in [4.78, 5) is 11.3. The highest BCUT2D eigenvalue weighted by Gasteiger charge is 2.49. The van der Waals surface area contributed by atoms with Crippen LogP contribution in [0.2, 0.25) is 10.0 Å². The van der Waals surface area contributed by atoms with E-state index < -0.39 is 7.94 Å². The van der Waals surface area contributed by atoms with E-state index in [0.717, 1.165) is 19.1 Å². The first-order valence-electron chi connectivity index (χ1n) is 7.94. The van der Waals surface area contributed by atoms with Gasteiger partial charge in [0.1, 0.15) is 0 Å². The largest absolute Gasteiger partial charge is 0.505 e. The first kappa shape index (κ1) is 20.0. The minimum Gasteiger partial charge on any atom is -0.299 e. The van der Waals surface area contributed by atoms with Crippen LogP contribution in [0, 0.1) is 0 Å². The summed E-state index contributed by atoms with van der Waals surface area (Å²) in [5.74, 6) is 0.811. The van der Waals surface area contributed by atoms with Crippen LogP contribution >= 0.6 is 31.1 Å². The van der Waals surface area contributed by atoms with E-state index in [4.69, 9.17) is 36.8 Å². The van der Waals surface area contributed by atoms with Crippen molar-refractivity contribution in [2.45, 2.75) is 19.8 Å². The van der Waals surface area contributed by atoms with Crippen LogP contribution in [0.15, 0.2) is 48.5 Å². The maximum Gasteiger partial charge on any atom is 0.505 e. The number of carbonyl (C=O) groups excluding carboxylic acids is 1. The third-order valence-corrected chi connectivity index (χ3v) is 5.98. The third kappa shape index (κ3) is 5.86. The number of aldehydes is 1. The molecule has 0 aromatic heterocycles. The van der Waals surface area contributed by atoms with Crippen LogP contribution < -0.4 is 9.05 Å². The van der Waals surface area contributed by atoms with Gasteiger partial charge in [0.15, 0.2) is 6.29 Å². The lowest BCUT2D eigenvalue weighted by molar-refractivity contribution is -0.106. The third-order valence-electron chi connectivity index (χ3n) is 3.23. The van der Waals surface area contributed by atoms with Gasteiger partial charge >= 0.3 is 7.94 Å². The molecule has 7 heteroatoms. The number of halogens is 2. The predicted octanol–water partition coefficient (Wildman–Crippen LogP) is 6.23. The maximum atomic E-state index is 11.3. The Morgan fingerprint density at radius 3 is 1.92 bits per heavy atom. The molecule has 0 bridgehead atoms. The summed E-state index contributed by atoms with van der Waals surface area (Å²) in [5.41, 5.74) is 0. The summed E-state index contributed by atoms with van der Waals surface area (Å²) >= 11 is 12.4. The Hall–Kier alpha value is -1.32. The molecule has 0 saturated carbocycles. The van der Waals surface area contributed by atoms with Gasteiger partial charge in [0, 0.05) is 0 Å². The van der Waals surface area contributed by atoms with Gasteiger partial charge in [0.25, 0.3) is 0 Å². The molecule has 0 aliphatic carbocycles. The van der Waals surface area contributed by atoms with Crippen LogP contribution in [0.5, 0.6) is 11.5 Å². The molecule has 0 unspecified atom stereocenters. The molecule has 2 rings (SSSR count). The number of hydrogen-bond acceptors (Lipinski definition) is 4. The summed E-state index contributed by atoms with van der Waals surface area (Å²) in [6.45, 7) is 2.46. The monoisotopic (exact) mass is 401 g/mol. The smallest absolute Gasteiger partial charge is 0.299 e. The molecule has 0 amide bonds. The highest BCUT2D eigenvalue weighted by molar-refractivity contribution is 7.63. The summed E-state index contributed by atoms with van der Waals surface area (Å²) in [7, 11) is -3.06. The molecule has 2 aromatic carbocycles. The van der Waals surface area contributed by atoms with Gasteiger partial charge in [-0.3, -0.25) is 13.8 Å². The number of unbranched alkanes of at least 4 members (excludes halogenated alkanes) is 1. The van der Waals surface area contributed by atoms with E-state index in [-0.39, 0.29) is 6.16 Å². The Labute approximate surface area is 158 Å². The van der Waals surface area contributed by atoms with E-state index in [1.165, 1.54) is 0 Å². The molecular weight excluding hydrogens is 382 g/mol. The lowest BCUT2D eigenvalue weighted by Gasteiger charge is -2.22. The van der Waals surface area contributed by atoms with Gasteiger partial charge in [-0.15, -0.1) is 0 Å². The lowest BCUT2D eigenvalue weighted by atomic mass is 10.3. The van der Waals surface area contributed by atoms with Crippen molar-refractivity contribution < 1.29 is 18.4 Å². The van der Waals surface area contributed by atoms with Crippen molar-refractivity contribution in [1.82, 2.24) is 0 Å². The highest BCUT2D eigenvalue weighted by atomic mass is 35.5. The predicted molar refractivity (Wildman–Crippen MR) is 103 cm³/mol. The molecule has 0 atom stereocenters. The minimum atomic E-state index is -3.06. The van der Waals surface area contributed by atoms with Gasteiger partial charge < -0.3 is 0 Å². The van der Waals surface area contributed by atoms with Crippen molar-refractivity contribution >= 4 is 37.4 Å². The Morgan fingerprint density at radius 2 is 1.48 bits per heavy atom.